The molecule has 148 valence electrons. The van der Waals surface area contributed by atoms with Crippen LogP contribution in [0.1, 0.15) is 36.4 Å². The number of anilines is 1. The number of halogens is 1. The normalized spacial score (nSPS) is 15.9. The Morgan fingerprint density at radius 1 is 1.21 bits per heavy atom. The summed E-state index contributed by atoms with van der Waals surface area (Å²) < 4.78 is 24.5. The zero-order chi connectivity index (χ0) is 19.5. The molecular formula is C22H26FN3O2. The highest BCUT2D eigenvalue weighted by Gasteiger charge is 2.24. The lowest BCUT2D eigenvalue weighted by Crippen LogP contribution is -2.34. The van der Waals surface area contributed by atoms with Crippen molar-refractivity contribution in [3.05, 3.63) is 53.5 Å². The Balaban J connectivity index is 1.24. The van der Waals surface area contributed by atoms with Gasteiger partial charge in [0.25, 0.3) is 0 Å². The van der Waals surface area contributed by atoms with E-state index in [2.05, 4.69) is 10.1 Å². The lowest BCUT2D eigenvalue weighted by Gasteiger charge is -2.31. The largest absolute Gasteiger partial charge is 0.493 e. The summed E-state index contributed by atoms with van der Waals surface area (Å²) >= 11 is 0. The first-order valence-corrected chi connectivity index (χ1v) is 9.86. The molecule has 0 spiro atoms. The molecule has 28 heavy (non-hydrogen) atoms. The molecule has 0 unspecified atom stereocenters. The topological polar surface area (TPSA) is 64.5 Å². The zero-order valence-electron chi connectivity index (χ0n) is 16.2. The van der Waals surface area contributed by atoms with Gasteiger partial charge in [0.1, 0.15) is 11.6 Å². The van der Waals surface area contributed by atoms with Gasteiger partial charge < -0.3 is 19.9 Å². The van der Waals surface area contributed by atoms with E-state index in [1.807, 2.05) is 25.1 Å². The predicted octanol–water partition coefficient (Wildman–Crippen LogP) is 4.51. The SMILES string of the molecule is Cc1ccc(N)cc1OCCCN1CCC(c2noc3cc(F)ccc23)CC1. The first-order valence-electron chi connectivity index (χ1n) is 9.86. The van der Waals surface area contributed by atoms with Crippen molar-refractivity contribution >= 4 is 16.7 Å². The molecule has 1 aliphatic rings. The molecule has 2 N–H and O–H groups in total. The van der Waals surface area contributed by atoms with Gasteiger partial charge in [-0.1, -0.05) is 11.2 Å². The number of nitrogen functional groups attached to an aromatic ring is 1. The molecule has 0 aliphatic carbocycles. The minimum Gasteiger partial charge on any atom is -0.493 e. The van der Waals surface area contributed by atoms with E-state index in [4.69, 9.17) is 15.0 Å². The number of hydrogen-bond acceptors (Lipinski definition) is 5. The van der Waals surface area contributed by atoms with Crippen LogP contribution in [0.4, 0.5) is 10.1 Å². The van der Waals surface area contributed by atoms with Gasteiger partial charge in [-0.05, 0) is 63.0 Å². The van der Waals surface area contributed by atoms with Crippen molar-refractivity contribution in [1.29, 1.82) is 0 Å². The number of aryl methyl sites for hydroxylation is 1. The molecule has 3 aromatic rings. The van der Waals surface area contributed by atoms with Crippen molar-refractivity contribution in [2.75, 3.05) is 32.0 Å². The van der Waals surface area contributed by atoms with Crippen LogP contribution in [0.15, 0.2) is 40.9 Å². The van der Waals surface area contributed by atoms with Crippen molar-refractivity contribution < 1.29 is 13.7 Å². The van der Waals surface area contributed by atoms with Gasteiger partial charge in [-0.3, -0.25) is 0 Å². The van der Waals surface area contributed by atoms with Crippen molar-refractivity contribution in [3.63, 3.8) is 0 Å². The number of ether oxygens (including phenoxy) is 1. The van der Waals surface area contributed by atoms with Gasteiger partial charge in [-0.25, -0.2) is 4.39 Å². The number of nitrogens with zero attached hydrogens (tertiary/aromatic N) is 2. The summed E-state index contributed by atoms with van der Waals surface area (Å²) in [6, 6.07) is 10.4. The summed E-state index contributed by atoms with van der Waals surface area (Å²) in [5.74, 6) is 0.947. The number of aromatic nitrogens is 1. The smallest absolute Gasteiger partial charge is 0.170 e. The van der Waals surface area contributed by atoms with Crippen molar-refractivity contribution in [1.82, 2.24) is 10.1 Å². The highest BCUT2D eigenvalue weighted by molar-refractivity contribution is 5.79. The number of piperidine rings is 1. The van der Waals surface area contributed by atoms with Gasteiger partial charge >= 0.3 is 0 Å². The summed E-state index contributed by atoms with van der Waals surface area (Å²) in [6.07, 6.45) is 3.05. The van der Waals surface area contributed by atoms with Crippen LogP contribution in [0.2, 0.25) is 0 Å². The molecule has 0 amide bonds. The van der Waals surface area contributed by atoms with Crippen molar-refractivity contribution in [2.24, 2.45) is 0 Å². The van der Waals surface area contributed by atoms with Crippen LogP contribution in [-0.2, 0) is 0 Å². The lowest BCUT2D eigenvalue weighted by atomic mass is 9.91. The number of nitrogens with two attached hydrogens (primary N) is 1. The van der Waals surface area contributed by atoms with Crippen LogP contribution in [0.5, 0.6) is 5.75 Å². The minimum atomic E-state index is -0.291. The summed E-state index contributed by atoms with van der Waals surface area (Å²) in [7, 11) is 0. The molecule has 4 rings (SSSR count). The number of fused-ring (bicyclic) bond motifs is 1. The van der Waals surface area contributed by atoms with Crippen LogP contribution in [0, 0.1) is 12.7 Å². The van der Waals surface area contributed by atoms with Gasteiger partial charge in [-0.15, -0.1) is 0 Å². The zero-order valence-corrected chi connectivity index (χ0v) is 16.2. The average molecular weight is 383 g/mol. The van der Waals surface area contributed by atoms with E-state index in [1.54, 1.807) is 6.07 Å². The number of hydrogen-bond donors (Lipinski definition) is 1. The molecule has 1 aliphatic heterocycles. The van der Waals surface area contributed by atoms with Crippen molar-refractivity contribution in [2.45, 2.75) is 32.1 Å². The molecule has 2 heterocycles. The molecular weight excluding hydrogens is 357 g/mol. The fraction of sp³-hybridized carbons (Fsp3) is 0.409. The molecule has 1 fully saturated rings. The highest BCUT2D eigenvalue weighted by Crippen LogP contribution is 2.32. The Labute approximate surface area is 164 Å². The molecule has 0 atom stereocenters. The van der Waals surface area contributed by atoms with E-state index >= 15 is 0 Å². The Morgan fingerprint density at radius 3 is 2.86 bits per heavy atom. The van der Waals surface area contributed by atoms with E-state index in [0.717, 1.165) is 67.0 Å². The van der Waals surface area contributed by atoms with Crippen LogP contribution in [0.3, 0.4) is 0 Å². The lowest BCUT2D eigenvalue weighted by molar-refractivity contribution is 0.190. The summed E-state index contributed by atoms with van der Waals surface area (Å²) in [5.41, 5.74) is 9.16. The first kappa shape index (κ1) is 18.7. The highest BCUT2D eigenvalue weighted by atomic mass is 19.1. The standard InChI is InChI=1S/C22H26FN3O2/c1-15-3-5-18(24)14-20(15)27-12-2-9-26-10-7-16(8-11-26)22-19-6-4-17(23)13-21(19)28-25-22/h3-6,13-14,16H,2,7-12,24H2,1H3. The quantitative estimate of drug-likeness (QED) is 0.501. The van der Waals surface area contributed by atoms with E-state index < -0.39 is 0 Å². The fourth-order valence-corrected chi connectivity index (χ4v) is 3.90. The van der Waals surface area contributed by atoms with Gasteiger partial charge in [-0.2, -0.15) is 0 Å². The summed E-state index contributed by atoms with van der Waals surface area (Å²) in [5, 5.41) is 5.15. The van der Waals surface area contributed by atoms with E-state index in [0.29, 0.717) is 18.1 Å². The van der Waals surface area contributed by atoms with E-state index in [-0.39, 0.29) is 5.82 Å². The molecule has 0 bridgehead atoms. The monoisotopic (exact) mass is 383 g/mol. The Bertz CT molecular complexity index is 948. The summed E-state index contributed by atoms with van der Waals surface area (Å²) in [6.45, 7) is 5.78. The van der Waals surface area contributed by atoms with Gasteiger partial charge in [0.15, 0.2) is 5.58 Å². The van der Waals surface area contributed by atoms with Crippen LogP contribution < -0.4 is 10.5 Å². The third-order valence-corrected chi connectivity index (χ3v) is 5.52. The van der Waals surface area contributed by atoms with E-state index in [9.17, 15) is 4.39 Å². The van der Waals surface area contributed by atoms with Gasteiger partial charge in [0.2, 0.25) is 0 Å². The number of rotatable bonds is 6. The Kier molecular flexibility index (Phi) is 5.48. The Morgan fingerprint density at radius 2 is 2.04 bits per heavy atom. The maximum Gasteiger partial charge on any atom is 0.170 e. The second-order valence-electron chi connectivity index (χ2n) is 7.55. The molecule has 5 nitrogen and oxygen atoms in total. The van der Waals surface area contributed by atoms with Crippen LogP contribution >= 0.6 is 0 Å². The minimum absolute atomic E-state index is 0.291. The molecule has 2 aromatic carbocycles. The number of likely N-dealkylation sites (tertiary alicyclic amines) is 1. The maximum atomic E-state index is 13.3. The molecule has 0 saturated carbocycles. The second-order valence-corrected chi connectivity index (χ2v) is 7.55. The van der Waals surface area contributed by atoms with Crippen LogP contribution in [-0.4, -0.2) is 36.3 Å². The third-order valence-electron chi connectivity index (χ3n) is 5.52. The number of benzene rings is 2. The molecule has 1 aromatic heterocycles. The summed E-state index contributed by atoms with van der Waals surface area (Å²) in [4.78, 5) is 2.47. The molecule has 6 heteroatoms. The van der Waals surface area contributed by atoms with Gasteiger partial charge in [0.05, 0.1) is 12.3 Å². The predicted molar refractivity (Wildman–Crippen MR) is 108 cm³/mol. The molecule has 0 radical (unpaired) electrons. The van der Waals surface area contributed by atoms with E-state index in [1.165, 1.54) is 12.1 Å². The third kappa shape index (κ3) is 4.12. The molecule has 1 saturated heterocycles. The first-order chi connectivity index (χ1) is 13.6. The van der Waals surface area contributed by atoms with Crippen LogP contribution in [0.25, 0.3) is 11.0 Å². The second kappa shape index (κ2) is 8.19. The van der Waals surface area contributed by atoms with Gasteiger partial charge in [0, 0.05) is 35.7 Å². The Hall–Kier alpha value is -2.60. The average Bonchev–Trinajstić information content (AvgIpc) is 3.11. The maximum absolute atomic E-state index is 13.3. The van der Waals surface area contributed by atoms with Crippen molar-refractivity contribution in [3.8, 4) is 5.75 Å². The fourth-order valence-electron chi connectivity index (χ4n) is 3.90.